The molecule has 0 aliphatic rings. The first kappa shape index (κ1) is 22.0. The van der Waals surface area contributed by atoms with Crippen LogP contribution in [-0.2, 0) is 0 Å². The molecule has 0 aromatic rings. The van der Waals surface area contributed by atoms with Crippen LogP contribution in [0.2, 0.25) is 0 Å². The van der Waals surface area contributed by atoms with Gasteiger partial charge < -0.3 is 0 Å². The Morgan fingerprint density at radius 3 is 0.647 bits per heavy atom. The van der Waals surface area contributed by atoms with Crippen molar-refractivity contribution in [2.75, 3.05) is 0 Å². The monoisotopic (exact) mass is 242 g/mol. The average molecular weight is 242 g/mol. The lowest BCUT2D eigenvalue weighted by Crippen LogP contribution is -2.04. The highest BCUT2D eigenvalue weighted by atomic mass is 14.1. The minimum absolute atomic E-state index is 0.327. The Balaban J connectivity index is -0.000000236. The lowest BCUT2D eigenvalue weighted by atomic mass is 9.89. The van der Waals surface area contributed by atoms with Gasteiger partial charge in [0.25, 0.3) is 0 Å². The van der Waals surface area contributed by atoms with Gasteiger partial charge in [-0.3, -0.25) is 0 Å². The van der Waals surface area contributed by atoms with Gasteiger partial charge in [0.2, 0.25) is 0 Å². The summed E-state index contributed by atoms with van der Waals surface area (Å²) in [4.78, 5) is 0. The molecule has 0 N–H and O–H groups in total. The topological polar surface area (TPSA) is 0 Å². The van der Waals surface area contributed by atoms with E-state index in [1.807, 2.05) is 13.8 Å². The second-order valence-corrected chi connectivity index (χ2v) is 8.07. The van der Waals surface area contributed by atoms with Gasteiger partial charge in [0.05, 0.1) is 0 Å². The average Bonchev–Trinajstić information content (AvgIpc) is 1.99. The second kappa shape index (κ2) is 8.78. The van der Waals surface area contributed by atoms with Crippen molar-refractivity contribution in [1.29, 1.82) is 0 Å². The summed E-state index contributed by atoms with van der Waals surface area (Å²) in [6, 6.07) is 0. The molecule has 0 aromatic carbocycles. The fraction of sp³-hybridized carbons (Fsp3) is 0.882. The lowest BCUT2D eigenvalue weighted by molar-refractivity contribution is 0.469. The zero-order chi connectivity index (χ0) is 14.9. The van der Waals surface area contributed by atoms with E-state index < -0.39 is 0 Å². The molecular weight excluding hydrogens is 204 g/mol. The normalized spacial score (nSPS) is 12.5. The summed E-state index contributed by atoms with van der Waals surface area (Å²) in [5, 5.41) is 0. The van der Waals surface area contributed by atoms with E-state index in [1.165, 1.54) is 0 Å². The highest BCUT2D eigenvalue weighted by Crippen LogP contribution is 2.21. The van der Waals surface area contributed by atoms with Crippen molar-refractivity contribution in [3.05, 3.63) is 12.2 Å². The van der Waals surface area contributed by atoms with Crippen molar-refractivity contribution < 1.29 is 0 Å². The van der Waals surface area contributed by atoms with E-state index in [-0.39, 0.29) is 0 Å². The van der Waals surface area contributed by atoms with E-state index in [2.05, 4.69) is 81.4 Å². The molecule has 17 heavy (non-hydrogen) atoms. The molecule has 0 heterocycles. The Kier molecular flexibility index (Phi) is 11.3. The van der Waals surface area contributed by atoms with Gasteiger partial charge in [-0.05, 0) is 16.2 Å². The van der Waals surface area contributed by atoms with Crippen molar-refractivity contribution in [3.63, 3.8) is 0 Å². The third kappa shape index (κ3) is 65.4. The van der Waals surface area contributed by atoms with E-state index >= 15 is 0 Å². The SMILES string of the molecule is CC.CC(C)(C)/C=C\C(C)(C)C.CC(C)(C)C. The molecule has 0 fully saturated rings. The first-order valence-corrected chi connectivity index (χ1v) is 6.91. The maximum Gasteiger partial charge on any atom is -0.0203 e. The molecule has 0 saturated carbocycles. The highest BCUT2D eigenvalue weighted by molar-refractivity contribution is 4.98. The van der Waals surface area contributed by atoms with E-state index in [0.717, 1.165) is 0 Å². The predicted octanol–water partition coefficient (Wildman–Crippen LogP) is 6.71. The molecule has 0 saturated heterocycles. The number of hydrogen-bond acceptors (Lipinski definition) is 0. The third-order valence-electron chi connectivity index (χ3n) is 1.08. The molecule has 0 unspecified atom stereocenters. The van der Waals surface area contributed by atoms with Crippen LogP contribution in [0.3, 0.4) is 0 Å². The fourth-order valence-electron chi connectivity index (χ4n) is 0.500. The van der Waals surface area contributed by atoms with Gasteiger partial charge in [0.15, 0.2) is 0 Å². The molecule has 0 aliphatic heterocycles. The summed E-state index contributed by atoms with van der Waals surface area (Å²) < 4.78 is 0. The quantitative estimate of drug-likeness (QED) is 0.414. The number of allylic oxidation sites excluding steroid dienone is 2. The minimum Gasteiger partial charge on any atom is -0.0826 e. The largest absolute Gasteiger partial charge is 0.0826 e. The standard InChI is InChI=1S/C10H20.C5H12.C2H6/c1-9(2,3)7-8-10(4,5)6;1-5(2,3)4;1-2/h7-8H,1-6H3;1-4H3;1-2H3/b8-7-;;. The lowest BCUT2D eigenvalue weighted by Gasteiger charge is -2.17. The summed E-state index contributed by atoms with van der Waals surface area (Å²) in [5.74, 6) is 0. The summed E-state index contributed by atoms with van der Waals surface area (Å²) in [6.07, 6.45) is 4.54. The molecule has 0 spiro atoms. The zero-order valence-corrected chi connectivity index (χ0v) is 14.7. The number of rotatable bonds is 0. The highest BCUT2D eigenvalue weighted by Gasteiger charge is 2.08. The van der Waals surface area contributed by atoms with Crippen LogP contribution in [0.1, 0.15) is 83.1 Å². The molecule has 0 rings (SSSR count). The van der Waals surface area contributed by atoms with Crippen molar-refractivity contribution in [2.24, 2.45) is 16.2 Å². The molecule has 0 aliphatic carbocycles. The van der Waals surface area contributed by atoms with Crippen LogP contribution in [0, 0.1) is 16.2 Å². The summed E-state index contributed by atoms with van der Waals surface area (Å²) >= 11 is 0. The Hall–Kier alpha value is -0.260. The van der Waals surface area contributed by atoms with Gasteiger partial charge in [0.1, 0.15) is 0 Å². The maximum absolute atomic E-state index is 2.27. The predicted molar refractivity (Wildman–Crippen MR) is 84.5 cm³/mol. The van der Waals surface area contributed by atoms with E-state index in [4.69, 9.17) is 0 Å². The molecule has 0 radical (unpaired) electrons. The molecule has 106 valence electrons. The van der Waals surface area contributed by atoms with Crippen molar-refractivity contribution in [2.45, 2.75) is 83.1 Å². The van der Waals surface area contributed by atoms with E-state index in [1.54, 1.807) is 0 Å². The molecular formula is C17H38. The van der Waals surface area contributed by atoms with E-state index in [0.29, 0.717) is 16.2 Å². The maximum atomic E-state index is 2.27. The van der Waals surface area contributed by atoms with Gasteiger partial charge in [-0.25, -0.2) is 0 Å². The van der Waals surface area contributed by atoms with Gasteiger partial charge in [-0.1, -0.05) is 95.2 Å². The van der Waals surface area contributed by atoms with Gasteiger partial charge in [-0.15, -0.1) is 0 Å². The van der Waals surface area contributed by atoms with Crippen molar-refractivity contribution in [1.82, 2.24) is 0 Å². The Bertz CT molecular complexity index is 154. The molecule has 0 heteroatoms. The Morgan fingerprint density at radius 2 is 0.588 bits per heavy atom. The fourth-order valence-corrected chi connectivity index (χ4v) is 0.500. The smallest absolute Gasteiger partial charge is 0.0203 e. The van der Waals surface area contributed by atoms with Gasteiger partial charge >= 0.3 is 0 Å². The first-order chi connectivity index (χ1) is 7.21. The summed E-state index contributed by atoms with van der Waals surface area (Å²) in [6.45, 7) is 26.1. The molecule has 0 bridgehead atoms. The Morgan fingerprint density at radius 1 is 0.471 bits per heavy atom. The summed E-state index contributed by atoms with van der Waals surface area (Å²) in [7, 11) is 0. The van der Waals surface area contributed by atoms with Crippen LogP contribution in [0.25, 0.3) is 0 Å². The van der Waals surface area contributed by atoms with Crippen LogP contribution in [0.4, 0.5) is 0 Å². The van der Waals surface area contributed by atoms with Gasteiger partial charge in [-0.2, -0.15) is 0 Å². The third-order valence-corrected chi connectivity index (χ3v) is 1.08. The van der Waals surface area contributed by atoms with Crippen LogP contribution in [0.15, 0.2) is 12.2 Å². The second-order valence-electron chi connectivity index (χ2n) is 8.07. The van der Waals surface area contributed by atoms with Crippen LogP contribution in [0.5, 0.6) is 0 Å². The summed E-state index contributed by atoms with van der Waals surface area (Å²) in [5.41, 5.74) is 1.15. The zero-order valence-electron chi connectivity index (χ0n) is 14.7. The molecule has 0 aromatic heterocycles. The van der Waals surface area contributed by atoms with Crippen molar-refractivity contribution >= 4 is 0 Å². The van der Waals surface area contributed by atoms with E-state index in [9.17, 15) is 0 Å². The Labute approximate surface area is 112 Å². The van der Waals surface area contributed by atoms with Crippen LogP contribution < -0.4 is 0 Å². The van der Waals surface area contributed by atoms with Crippen LogP contribution in [-0.4, -0.2) is 0 Å². The van der Waals surface area contributed by atoms with Gasteiger partial charge in [0, 0.05) is 0 Å². The van der Waals surface area contributed by atoms with Crippen LogP contribution >= 0.6 is 0 Å². The number of hydrogen-bond donors (Lipinski definition) is 0. The molecule has 0 nitrogen and oxygen atoms in total. The van der Waals surface area contributed by atoms with Crippen molar-refractivity contribution in [3.8, 4) is 0 Å². The minimum atomic E-state index is 0.327. The molecule has 0 amide bonds. The first-order valence-electron chi connectivity index (χ1n) is 6.91. The molecule has 0 atom stereocenters.